The molecule has 0 N–H and O–H groups in total. The number of benzene rings is 2. The number of nitrogens with zero attached hydrogens (tertiary/aromatic N) is 3. The van der Waals surface area contributed by atoms with E-state index in [1.807, 2.05) is 37.4 Å². The lowest BCUT2D eigenvalue weighted by Crippen LogP contribution is -2.33. The van der Waals surface area contributed by atoms with Gasteiger partial charge in [-0.05, 0) is 66.1 Å². The third kappa shape index (κ3) is 4.71. The van der Waals surface area contributed by atoms with E-state index < -0.39 is 0 Å². The van der Waals surface area contributed by atoms with Crippen LogP contribution < -0.4 is 19.1 Å². The molecular formula is C26H31BrClN3O4. The first kappa shape index (κ1) is 25.7. The molecule has 1 aromatic heterocycles. The van der Waals surface area contributed by atoms with Gasteiger partial charge in [0.05, 0.1) is 42.0 Å². The van der Waals surface area contributed by atoms with Crippen molar-refractivity contribution in [1.82, 2.24) is 9.47 Å². The predicted molar refractivity (Wildman–Crippen MR) is 144 cm³/mol. The minimum absolute atomic E-state index is 0. The largest absolute Gasteiger partial charge is 0.496 e. The second-order valence-electron chi connectivity index (χ2n) is 8.86. The van der Waals surface area contributed by atoms with Crippen LogP contribution in [0.1, 0.15) is 35.3 Å². The number of hydrogen-bond donors (Lipinski definition) is 0. The molecule has 3 heterocycles. The average molecular weight is 565 g/mol. The van der Waals surface area contributed by atoms with Crippen molar-refractivity contribution in [2.75, 3.05) is 45.4 Å². The molecule has 0 saturated carbocycles. The number of methoxy groups -OCH3 is 2. The number of likely N-dealkylation sites (tertiary alicyclic amines) is 1. The molecule has 0 spiro atoms. The Kier molecular flexibility index (Phi) is 7.83. The maximum atomic E-state index is 13.6. The van der Waals surface area contributed by atoms with Crippen LogP contribution in [0.15, 0.2) is 34.8 Å². The van der Waals surface area contributed by atoms with E-state index >= 15 is 0 Å². The van der Waals surface area contributed by atoms with Crippen molar-refractivity contribution in [1.29, 1.82) is 0 Å². The number of hydrogen-bond acceptors (Lipinski definition) is 5. The number of fused-ring (bicyclic) bond motifs is 3. The molecule has 2 aliphatic rings. The second kappa shape index (κ2) is 10.7. The lowest BCUT2D eigenvalue weighted by atomic mass is 10.1. The minimum Gasteiger partial charge on any atom is -0.496 e. The molecule has 0 radical (unpaired) electrons. The van der Waals surface area contributed by atoms with E-state index in [1.165, 1.54) is 19.3 Å². The molecule has 35 heavy (non-hydrogen) atoms. The van der Waals surface area contributed by atoms with E-state index in [0.717, 1.165) is 52.0 Å². The zero-order valence-corrected chi connectivity index (χ0v) is 22.7. The number of carbonyl (C=O) groups excluding carboxylic acids is 1. The number of rotatable bonds is 7. The van der Waals surface area contributed by atoms with E-state index in [-0.39, 0.29) is 18.3 Å². The molecule has 0 bridgehead atoms. The summed E-state index contributed by atoms with van der Waals surface area (Å²) in [6, 6.07) is 9.65. The first-order valence-electron chi connectivity index (χ1n) is 11.7. The molecule has 9 heteroatoms. The smallest absolute Gasteiger partial charge is 0.261 e. The van der Waals surface area contributed by atoms with Gasteiger partial charge in [-0.3, -0.25) is 9.69 Å². The van der Waals surface area contributed by atoms with Crippen molar-refractivity contribution < 1.29 is 19.0 Å². The molecule has 3 aromatic rings. The van der Waals surface area contributed by atoms with Gasteiger partial charge in [0.25, 0.3) is 5.91 Å². The first-order chi connectivity index (χ1) is 16.5. The van der Waals surface area contributed by atoms with Crippen LogP contribution in [0.4, 0.5) is 5.69 Å². The van der Waals surface area contributed by atoms with E-state index in [0.29, 0.717) is 30.4 Å². The number of halogens is 2. The molecule has 0 unspecified atom stereocenters. The lowest BCUT2D eigenvalue weighted by Gasteiger charge is -2.26. The van der Waals surface area contributed by atoms with Gasteiger partial charge >= 0.3 is 0 Å². The number of aryl methyl sites for hydroxylation is 1. The minimum atomic E-state index is -0.0191. The topological polar surface area (TPSA) is 56.2 Å². The van der Waals surface area contributed by atoms with Gasteiger partial charge in [0.1, 0.15) is 12.4 Å². The number of anilines is 1. The highest BCUT2D eigenvalue weighted by molar-refractivity contribution is 9.10. The number of carbonyl (C=O) groups is 1. The predicted octanol–water partition coefficient (Wildman–Crippen LogP) is 5.40. The summed E-state index contributed by atoms with van der Waals surface area (Å²) >= 11 is 3.55. The fourth-order valence-corrected chi connectivity index (χ4v) is 5.54. The summed E-state index contributed by atoms with van der Waals surface area (Å²) in [6.45, 7) is 4.25. The molecule has 0 atom stereocenters. The monoisotopic (exact) mass is 563 g/mol. The third-order valence-corrected chi connectivity index (χ3v) is 7.55. The molecule has 1 amide bonds. The van der Waals surface area contributed by atoms with E-state index in [9.17, 15) is 4.79 Å². The normalized spacial score (nSPS) is 15.8. The van der Waals surface area contributed by atoms with E-state index in [4.69, 9.17) is 14.2 Å². The summed E-state index contributed by atoms with van der Waals surface area (Å²) < 4.78 is 20.1. The van der Waals surface area contributed by atoms with Gasteiger partial charge in [-0.2, -0.15) is 0 Å². The average Bonchev–Trinajstić information content (AvgIpc) is 3.33. The summed E-state index contributed by atoms with van der Waals surface area (Å²) in [4.78, 5) is 17.8. The molecule has 1 saturated heterocycles. The molecule has 2 aromatic carbocycles. The second-order valence-corrected chi connectivity index (χ2v) is 9.72. The molecule has 5 rings (SSSR count). The highest BCUT2D eigenvalue weighted by atomic mass is 79.9. The standard InChI is InChI=1S/C26H30BrN3O4.ClH/c1-28-20-15-19(27)23(33-3)14-18(20)25-21(28)16-30(26(25)31)17-7-8-22(32-2)24(13-17)34-12-11-29-9-5-4-6-10-29;/h7-8,13-15H,4-6,9-12,16H2,1-3H3;1H. The maximum Gasteiger partial charge on any atom is 0.261 e. The van der Waals surface area contributed by atoms with Gasteiger partial charge in [0.15, 0.2) is 11.5 Å². The number of amides is 1. The first-order valence-corrected chi connectivity index (χ1v) is 12.5. The van der Waals surface area contributed by atoms with Gasteiger partial charge in [0, 0.05) is 30.7 Å². The zero-order valence-electron chi connectivity index (χ0n) is 20.3. The summed E-state index contributed by atoms with van der Waals surface area (Å²) in [5.74, 6) is 2.03. The van der Waals surface area contributed by atoms with E-state index in [1.54, 1.807) is 19.1 Å². The Hall–Kier alpha value is -2.42. The van der Waals surface area contributed by atoms with Crippen molar-refractivity contribution in [3.8, 4) is 17.2 Å². The van der Waals surface area contributed by atoms with Gasteiger partial charge in [-0.1, -0.05) is 6.42 Å². The lowest BCUT2D eigenvalue weighted by molar-refractivity contribution is 0.0998. The van der Waals surface area contributed by atoms with Crippen molar-refractivity contribution in [2.24, 2.45) is 7.05 Å². The summed E-state index contributed by atoms with van der Waals surface area (Å²) in [7, 11) is 5.27. The third-order valence-electron chi connectivity index (χ3n) is 6.93. The van der Waals surface area contributed by atoms with Crippen molar-refractivity contribution in [3.05, 3.63) is 46.1 Å². The Morgan fingerprint density at radius 1 is 0.971 bits per heavy atom. The number of ether oxygens (including phenoxy) is 3. The van der Waals surface area contributed by atoms with Gasteiger partial charge in [-0.15, -0.1) is 12.4 Å². The maximum absolute atomic E-state index is 13.6. The molecule has 2 aliphatic heterocycles. The summed E-state index contributed by atoms with van der Waals surface area (Å²) in [5.41, 5.74) is 3.52. The fraction of sp³-hybridized carbons (Fsp3) is 0.423. The van der Waals surface area contributed by atoms with Crippen LogP contribution in [0.2, 0.25) is 0 Å². The molecular weight excluding hydrogens is 534 g/mol. The molecule has 0 aliphatic carbocycles. The van der Waals surface area contributed by atoms with E-state index in [2.05, 4.69) is 25.4 Å². The van der Waals surface area contributed by atoms with Gasteiger partial charge in [-0.25, -0.2) is 0 Å². The quantitative estimate of drug-likeness (QED) is 0.384. The Morgan fingerprint density at radius 3 is 2.43 bits per heavy atom. The van der Waals surface area contributed by atoms with Crippen molar-refractivity contribution >= 4 is 50.8 Å². The van der Waals surface area contributed by atoms with Gasteiger partial charge in [0.2, 0.25) is 0 Å². The van der Waals surface area contributed by atoms with Crippen molar-refractivity contribution in [3.63, 3.8) is 0 Å². The fourth-order valence-electron chi connectivity index (χ4n) is 5.05. The number of piperidine rings is 1. The van der Waals surface area contributed by atoms with Crippen LogP contribution in [0.25, 0.3) is 10.9 Å². The van der Waals surface area contributed by atoms with Crippen LogP contribution in [-0.4, -0.2) is 55.8 Å². The van der Waals surface area contributed by atoms with Crippen LogP contribution >= 0.6 is 28.3 Å². The highest BCUT2D eigenvalue weighted by Gasteiger charge is 2.35. The highest BCUT2D eigenvalue weighted by Crippen LogP contribution is 2.41. The van der Waals surface area contributed by atoms with Crippen LogP contribution in [0, 0.1) is 0 Å². The molecule has 188 valence electrons. The Morgan fingerprint density at radius 2 is 1.71 bits per heavy atom. The summed E-state index contributed by atoms with van der Waals surface area (Å²) in [6.07, 6.45) is 3.83. The molecule has 7 nitrogen and oxygen atoms in total. The van der Waals surface area contributed by atoms with Crippen molar-refractivity contribution in [2.45, 2.75) is 25.8 Å². The Labute approximate surface area is 220 Å². The molecule has 1 fully saturated rings. The zero-order chi connectivity index (χ0) is 23.8. The Bertz CT molecular complexity index is 1240. The number of aromatic nitrogens is 1. The summed E-state index contributed by atoms with van der Waals surface area (Å²) in [5, 5.41) is 0.900. The van der Waals surface area contributed by atoms with Crippen LogP contribution in [0.3, 0.4) is 0 Å². The van der Waals surface area contributed by atoms with Crippen LogP contribution in [0.5, 0.6) is 17.2 Å². The van der Waals surface area contributed by atoms with Gasteiger partial charge < -0.3 is 23.7 Å². The SMILES string of the molecule is COc1cc2c3c(n(C)c2cc1Br)CN(c1ccc(OC)c(OCCN2CCCCC2)c1)C3=O.Cl. The van der Waals surface area contributed by atoms with Crippen LogP contribution in [-0.2, 0) is 13.6 Å². The Balaban J connectivity index is 0.00000289.